The number of ether oxygens (including phenoxy) is 1. The predicted octanol–water partition coefficient (Wildman–Crippen LogP) is 5.56. The lowest BCUT2D eigenvalue weighted by atomic mass is 9.68. The van der Waals surface area contributed by atoms with Crippen LogP contribution in [0.1, 0.15) is 71.6 Å². The molecule has 0 heterocycles. The smallest absolute Gasteiger partial charge is 0.0466 e. The summed E-state index contributed by atoms with van der Waals surface area (Å²) in [5.41, 5.74) is 0.583. The number of hydrogen-bond acceptors (Lipinski definition) is 1. The first kappa shape index (κ1) is 16.5. The minimum atomic E-state index is 0.583. The van der Waals surface area contributed by atoms with Gasteiger partial charge in [-0.1, -0.05) is 42.1 Å². The van der Waals surface area contributed by atoms with E-state index in [1.54, 1.807) is 0 Å². The SMILES string of the molecule is CCCCC1CCC(CBr)(CCCOCC)CC1. The van der Waals surface area contributed by atoms with E-state index in [1.807, 2.05) is 0 Å². The number of hydrogen-bond donors (Lipinski definition) is 0. The van der Waals surface area contributed by atoms with Gasteiger partial charge < -0.3 is 4.74 Å². The second-order valence-electron chi connectivity index (χ2n) is 6.02. The van der Waals surface area contributed by atoms with Gasteiger partial charge >= 0.3 is 0 Å². The van der Waals surface area contributed by atoms with Crippen molar-refractivity contribution in [1.29, 1.82) is 0 Å². The average molecular weight is 319 g/mol. The van der Waals surface area contributed by atoms with Crippen LogP contribution in [-0.4, -0.2) is 18.5 Å². The van der Waals surface area contributed by atoms with Gasteiger partial charge in [-0.3, -0.25) is 0 Å². The van der Waals surface area contributed by atoms with Crippen molar-refractivity contribution in [3.05, 3.63) is 0 Å². The maximum atomic E-state index is 5.47. The number of unbranched alkanes of at least 4 members (excludes halogenated alkanes) is 1. The molecule has 0 bridgehead atoms. The van der Waals surface area contributed by atoms with Gasteiger partial charge in [0.15, 0.2) is 0 Å². The summed E-state index contributed by atoms with van der Waals surface area (Å²) in [5.74, 6) is 1.02. The van der Waals surface area contributed by atoms with Gasteiger partial charge in [-0.15, -0.1) is 0 Å². The van der Waals surface area contributed by atoms with Crippen LogP contribution in [-0.2, 0) is 4.74 Å². The first-order chi connectivity index (χ1) is 8.76. The normalized spacial score (nSPS) is 28.5. The van der Waals surface area contributed by atoms with Crippen LogP contribution in [0.25, 0.3) is 0 Å². The van der Waals surface area contributed by atoms with E-state index < -0.39 is 0 Å². The zero-order valence-electron chi connectivity index (χ0n) is 12.3. The van der Waals surface area contributed by atoms with Crippen molar-refractivity contribution in [2.45, 2.75) is 71.6 Å². The summed E-state index contributed by atoms with van der Waals surface area (Å²) >= 11 is 3.77. The molecule has 1 nitrogen and oxygen atoms in total. The van der Waals surface area contributed by atoms with Gasteiger partial charge in [0, 0.05) is 18.5 Å². The Morgan fingerprint density at radius 1 is 1.17 bits per heavy atom. The number of halogens is 1. The molecule has 0 aliphatic heterocycles. The van der Waals surface area contributed by atoms with Crippen LogP contribution < -0.4 is 0 Å². The quantitative estimate of drug-likeness (QED) is 0.399. The number of alkyl halides is 1. The summed E-state index contributed by atoms with van der Waals surface area (Å²) in [4.78, 5) is 0. The zero-order chi connectivity index (χ0) is 13.3. The molecular weight excluding hydrogens is 288 g/mol. The Kier molecular flexibility index (Phi) is 8.58. The molecular formula is C16H31BrO. The highest BCUT2D eigenvalue weighted by molar-refractivity contribution is 9.09. The standard InChI is InChI=1S/C16H31BrO/c1-3-5-7-15-8-11-16(14-17,12-9-15)10-6-13-18-4-2/h15H,3-14H2,1-2H3. The Labute approximate surface area is 122 Å². The summed E-state index contributed by atoms with van der Waals surface area (Å²) in [6, 6.07) is 0. The molecule has 0 N–H and O–H groups in total. The summed E-state index contributed by atoms with van der Waals surface area (Å²) in [6.07, 6.45) is 12.6. The second kappa shape index (κ2) is 9.36. The second-order valence-corrected chi connectivity index (χ2v) is 6.58. The average Bonchev–Trinajstić information content (AvgIpc) is 2.43. The lowest BCUT2D eigenvalue weighted by Crippen LogP contribution is -2.29. The van der Waals surface area contributed by atoms with E-state index in [-0.39, 0.29) is 0 Å². The highest BCUT2D eigenvalue weighted by atomic mass is 79.9. The lowest BCUT2D eigenvalue weighted by Gasteiger charge is -2.39. The van der Waals surface area contributed by atoms with E-state index >= 15 is 0 Å². The van der Waals surface area contributed by atoms with Crippen molar-refractivity contribution in [3.8, 4) is 0 Å². The molecule has 0 aromatic carbocycles. The predicted molar refractivity (Wildman–Crippen MR) is 83.4 cm³/mol. The van der Waals surface area contributed by atoms with Crippen LogP contribution in [0.15, 0.2) is 0 Å². The molecule has 2 heteroatoms. The Morgan fingerprint density at radius 3 is 2.44 bits per heavy atom. The minimum absolute atomic E-state index is 0.583. The van der Waals surface area contributed by atoms with Gasteiger partial charge in [0.05, 0.1) is 0 Å². The van der Waals surface area contributed by atoms with Crippen molar-refractivity contribution in [2.75, 3.05) is 18.5 Å². The lowest BCUT2D eigenvalue weighted by molar-refractivity contribution is 0.109. The van der Waals surface area contributed by atoms with Gasteiger partial charge in [0.25, 0.3) is 0 Å². The van der Waals surface area contributed by atoms with E-state index in [0.717, 1.165) is 19.1 Å². The van der Waals surface area contributed by atoms with Gasteiger partial charge in [-0.25, -0.2) is 0 Å². The van der Waals surface area contributed by atoms with Crippen LogP contribution in [0.3, 0.4) is 0 Å². The van der Waals surface area contributed by atoms with Crippen LogP contribution in [0, 0.1) is 11.3 Å². The van der Waals surface area contributed by atoms with Crippen LogP contribution in [0.4, 0.5) is 0 Å². The molecule has 1 rings (SSSR count). The fourth-order valence-corrected chi connectivity index (χ4v) is 4.06. The number of rotatable bonds is 9. The Balaban J connectivity index is 2.26. The molecule has 1 aliphatic rings. The fourth-order valence-electron chi connectivity index (χ4n) is 3.22. The summed E-state index contributed by atoms with van der Waals surface area (Å²) in [7, 11) is 0. The molecule has 1 aliphatic carbocycles. The van der Waals surface area contributed by atoms with E-state index in [1.165, 1.54) is 63.1 Å². The molecule has 18 heavy (non-hydrogen) atoms. The molecule has 0 aromatic rings. The third-order valence-electron chi connectivity index (χ3n) is 4.62. The third-order valence-corrected chi connectivity index (χ3v) is 5.80. The largest absolute Gasteiger partial charge is 0.382 e. The van der Waals surface area contributed by atoms with Crippen molar-refractivity contribution in [3.63, 3.8) is 0 Å². The van der Waals surface area contributed by atoms with Crippen molar-refractivity contribution < 1.29 is 4.74 Å². The topological polar surface area (TPSA) is 9.23 Å². The Hall–Kier alpha value is 0.440. The van der Waals surface area contributed by atoms with Crippen molar-refractivity contribution in [2.24, 2.45) is 11.3 Å². The van der Waals surface area contributed by atoms with Crippen molar-refractivity contribution >= 4 is 15.9 Å². The van der Waals surface area contributed by atoms with Crippen LogP contribution >= 0.6 is 15.9 Å². The molecule has 1 fully saturated rings. The summed E-state index contributed by atoms with van der Waals surface area (Å²) < 4.78 is 5.47. The van der Waals surface area contributed by atoms with E-state index in [2.05, 4.69) is 29.8 Å². The fraction of sp³-hybridized carbons (Fsp3) is 1.00. The van der Waals surface area contributed by atoms with Crippen LogP contribution in [0.2, 0.25) is 0 Å². The minimum Gasteiger partial charge on any atom is -0.382 e. The van der Waals surface area contributed by atoms with Gasteiger partial charge in [0.1, 0.15) is 0 Å². The molecule has 0 radical (unpaired) electrons. The van der Waals surface area contributed by atoms with E-state index in [4.69, 9.17) is 4.74 Å². The highest BCUT2D eigenvalue weighted by Gasteiger charge is 2.33. The monoisotopic (exact) mass is 318 g/mol. The first-order valence-electron chi connectivity index (χ1n) is 7.90. The highest BCUT2D eigenvalue weighted by Crippen LogP contribution is 2.44. The van der Waals surface area contributed by atoms with Gasteiger partial charge in [-0.2, -0.15) is 0 Å². The van der Waals surface area contributed by atoms with Crippen LogP contribution in [0.5, 0.6) is 0 Å². The summed E-state index contributed by atoms with van der Waals surface area (Å²) in [6.45, 7) is 6.20. The molecule has 0 unspecified atom stereocenters. The molecule has 0 spiro atoms. The molecule has 0 amide bonds. The molecule has 0 saturated heterocycles. The zero-order valence-corrected chi connectivity index (χ0v) is 13.9. The van der Waals surface area contributed by atoms with E-state index in [9.17, 15) is 0 Å². The molecule has 0 atom stereocenters. The van der Waals surface area contributed by atoms with Crippen molar-refractivity contribution in [1.82, 2.24) is 0 Å². The maximum Gasteiger partial charge on any atom is 0.0466 e. The third kappa shape index (κ3) is 5.61. The molecule has 0 aromatic heterocycles. The molecule has 108 valence electrons. The Bertz CT molecular complexity index is 197. The first-order valence-corrected chi connectivity index (χ1v) is 9.02. The summed E-state index contributed by atoms with van der Waals surface area (Å²) in [5, 5.41) is 1.19. The van der Waals surface area contributed by atoms with Gasteiger partial charge in [0.2, 0.25) is 0 Å². The maximum absolute atomic E-state index is 5.47. The van der Waals surface area contributed by atoms with Gasteiger partial charge in [-0.05, 0) is 56.8 Å². The van der Waals surface area contributed by atoms with E-state index in [0.29, 0.717) is 5.41 Å². The Morgan fingerprint density at radius 2 is 1.89 bits per heavy atom. The molecule has 1 saturated carbocycles.